The van der Waals surface area contributed by atoms with Gasteiger partial charge in [-0.25, -0.2) is 0 Å². The second-order valence-electron chi connectivity index (χ2n) is 14.1. The van der Waals surface area contributed by atoms with Gasteiger partial charge in [-0.2, -0.15) is 0 Å². The van der Waals surface area contributed by atoms with Gasteiger partial charge in [-0.3, -0.25) is 4.79 Å². The predicted octanol–water partition coefficient (Wildman–Crippen LogP) is 12.3. The fraction of sp³-hybridized carbons (Fsp3) is 0.927. The summed E-state index contributed by atoms with van der Waals surface area (Å²) in [6.45, 7) is 4.23. The third-order valence-corrected chi connectivity index (χ3v) is 9.52. The molecule has 0 aliphatic rings. The van der Waals surface area contributed by atoms with Gasteiger partial charge in [-0.05, 0) is 19.3 Å². The van der Waals surface area contributed by atoms with Crippen LogP contribution in [-0.2, 0) is 4.79 Å². The minimum absolute atomic E-state index is 0.0756. The number of hydrogen-bond donors (Lipinski definition) is 3. The molecule has 0 saturated carbocycles. The van der Waals surface area contributed by atoms with E-state index in [-0.39, 0.29) is 12.5 Å². The van der Waals surface area contributed by atoms with Crippen molar-refractivity contribution in [3.8, 4) is 0 Å². The van der Waals surface area contributed by atoms with Gasteiger partial charge in [-0.1, -0.05) is 212 Å². The van der Waals surface area contributed by atoms with Crippen molar-refractivity contribution in [2.75, 3.05) is 6.61 Å². The average molecular weight is 636 g/mol. The van der Waals surface area contributed by atoms with E-state index in [1.54, 1.807) is 6.08 Å². The number of nitrogens with one attached hydrogen (secondary N) is 1. The Labute approximate surface area is 282 Å². The van der Waals surface area contributed by atoms with E-state index in [9.17, 15) is 15.0 Å². The molecule has 0 aliphatic carbocycles. The molecule has 0 spiro atoms. The topological polar surface area (TPSA) is 69.6 Å². The van der Waals surface area contributed by atoms with Crippen molar-refractivity contribution in [3.63, 3.8) is 0 Å². The summed E-state index contributed by atoms with van der Waals surface area (Å²) >= 11 is 0. The first-order valence-electron chi connectivity index (χ1n) is 20.4. The smallest absolute Gasteiger partial charge is 0.220 e. The average Bonchev–Trinajstić information content (AvgIpc) is 3.04. The zero-order valence-corrected chi connectivity index (χ0v) is 30.7. The lowest BCUT2D eigenvalue weighted by atomic mass is 10.0. The number of carbonyl (C=O) groups is 1. The number of allylic oxidation sites excluding steroid dienone is 1. The van der Waals surface area contributed by atoms with Gasteiger partial charge in [0.2, 0.25) is 5.91 Å². The van der Waals surface area contributed by atoms with Crippen LogP contribution < -0.4 is 5.32 Å². The molecule has 0 aliphatic heterocycles. The summed E-state index contributed by atoms with van der Waals surface area (Å²) in [6.07, 6.45) is 46.5. The van der Waals surface area contributed by atoms with E-state index in [0.717, 1.165) is 32.1 Å². The highest BCUT2D eigenvalue weighted by atomic mass is 16.3. The molecule has 0 aromatic carbocycles. The lowest BCUT2D eigenvalue weighted by molar-refractivity contribution is -0.123. The molecule has 0 rings (SSSR count). The van der Waals surface area contributed by atoms with E-state index >= 15 is 0 Å². The van der Waals surface area contributed by atoms with Gasteiger partial charge in [0.25, 0.3) is 0 Å². The fourth-order valence-corrected chi connectivity index (χ4v) is 6.35. The summed E-state index contributed by atoms with van der Waals surface area (Å²) in [7, 11) is 0. The maximum Gasteiger partial charge on any atom is 0.220 e. The molecule has 45 heavy (non-hydrogen) atoms. The molecule has 4 heteroatoms. The van der Waals surface area contributed by atoms with Crippen LogP contribution >= 0.6 is 0 Å². The number of rotatable bonds is 37. The zero-order valence-electron chi connectivity index (χ0n) is 30.7. The first kappa shape index (κ1) is 44.1. The number of amides is 1. The summed E-state index contributed by atoms with van der Waals surface area (Å²) < 4.78 is 0. The Hall–Kier alpha value is -0.870. The summed E-state index contributed by atoms with van der Waals surface area (Å²) in [5.41, 5.74) is 0. The van der Waals surface area contributed by atoms with Crippen LogP contribution in [0.4, 0.5) is 0 Å². The van der Waals surface area contributed by atoms with Crippen molar-refractivity contribution in [2.45, 2.75) is 238 Å². The molecule has 1 amide bonds. The van der Waals surface area contributed by atoms with Crippen molar-refractivity contribution in [3.05, 3.63) is 12.2 Å². The zero-order chi connectivity index (χ0) is 32.9. The number of aliphatic hydroxyl groups is 2. The lowest BCUT2D eigenvalue weighted by Gasteiger charge is -2.20. The van der Waals surface area contributed by atoms with Gasteiger partial charge in [-0.15, -0.1) is 0 Å². The fourth-order valence-electron chi connectivity index (χ4n) is 6.35. The molecule has 3 N–H and O–H groups in total. The van der Waals surface area contributed by atoms with Crippen molar-refractivity contribution >= 4 is 5.91 Å². The van der Waals surface area contributed by atoms with Crippen LogP contribution in [0.5, 0.6) is 0 Å². The highest BCUT2D eigenvalue weighted by Crippen LogP contribution is 2.16. The molecule has 2 atom stereocenters. The van der Waals surface area contributed by atoms with Gasteiger partial charge in [0.1, 0.15) is 0 Å². The molecule has 0 aromatic heterocycles. The van der Waals surface area contributed by atoms with Gasteiger partial charge < -0.3 is 15.5 Å². The van der Waals surface area contributed by atoms with Crippen LogP contribution in [0, 0.1) is 0 Å². The molecule has 268 valence electrons. The van der Waals surface area contributed by atoms with Crippen LogP contribution in [-0.4, -0.2) is 34.9 Å². The maximum absolute atomic E-state index is 12.1. The van der Waals surface area contributed by atoms with Gasteiger partial charge in [0.05, 0.1) is 18.8 Å². The monoisotopic (exact) mass is 636 g/mol. The number of unbranched alkanes of at least 4 members (excludes halogenated alkanes) is 30. The molecule has 4 nitrogen and oxygen atoms in total. The van der Waals surface area contributed by atoms with Gasteiger partial charge in [0, 0.05) is 6.42 Å². The van der Waals surface area contributed by atoms with Crippen LogP contribution in [0.1, 0.15) is 226 Å². The van der Waals surface area contributed by atoms with Crippen LogP contribution in [0.15, 0.2) is 12.2 Å². The van der Waals surface area contributed by atoms with Gasteiger partial charge >= 0.3 is 0 Å². The van der Waals surface area contributed by atoms with E-state index in [1.165, 1.54) is 173 Å². The Morgan fingerprint density at radius 2 is 0.822 bits per heavy atom. The van der Waals surface area contributed by atoms with Crippen LogP contribution in [0.25, 0.3) is 0 Å². The van der Waals surface area contributed by atoms with Crippen molar-refractivity contribution in [2.24, 2.45) is 0 Å². The highest BCUT2D eigenvalue weighted by molar-refractivity contribution is 5.76. The molecular formula is C41H81NO3. The molecule has 0 fully saturated rings. The third-order valence-electron chi connectivity index (χ3n) is 9.52. The summed E-state index contributed by atoms with van der Waals surface area (Å²) in [5, 5.41) is 22.7. The molecular weight excluding hydrogens is 554 g/mol. The lowest BCUT2D eigenvalue weighted by Crippen LogP contribution is -2.45. The molecule has 0 bridgehead atoms. The van der Waals surface area contributed by atoms with Crippen molar-refractivity contribution in [1.29, 1.82) is 0 Å². The molecule has 0 aromatic rings. The van der Waals surface area contributed by atoms with Crippen LogP contribution in [0.2, 0.25) is 0 Å². The van der Waals surface area contributed by atoms with Crippen LogP contribution in [0.3, 0.4) is 0 Å². The first-order chi connectivity index (χ1) is 22.2. The Morgan fingerprint density at radius 3 is 1.16 bits per heavy atom. The second-order valence-corrected chi connectivity index (χ2v) is 14.1. The van der Waals surface area contributed by atoms with Gasteiger partial charge in [0.15, 0.2) is 0 Å². The Morgan fingerprint density at radius 1 is 0.511 bits per heavy atom. The molecule has 2 unspecified atom stereocenters. The molecule has 0 heterocycles. The van der Waals surface area contributed by atoms with E-state index < -0.39 is 12.1 Å². The van der Waals surface area contributed by atoms with Crippen molar-refractivity contribution in [1.82, 2.24) is 5.32 Å². The summed E-state index contributed by atoms with van der Waals surface area (Å²) in [5.74, 6) is -0.0756. The van der Waals surface area contributed by atoms with E-state index in [4.69, 9.17) is 0 Å². The van der Waals surface area contributed by atoms with Crippen molar-refractivity contribution < 1.29 is 15.0 Å². The molecule has 0 saturated heterocycles. The summed E-state index contributed by atoms with van der Waals surface area (Å²) in [6, 6.07) is -0.613. The molecule has 0 radical (unpaired) electrons. The quantitative estimate of drug-likeness (QED) is 0.0470. The maximum atomic E-state index is 12.1. The SMILES string of the molecule is CCCCCCCCCCCCCCCCCCCCCCCCCCCC/C=C/C(O)C(CO)NC(=O)CCCCCCC. The number of carbonyl (C=O) groups excluding carboxylic acids is 1. The Bertz CT molecular complexity index is 608. The highest BCUT2D eigenvalue weighted by Gasteiger charge is 2.17. The minimum atomic E-state index is -0.830. The standard InChI is InChI=1S/C41H81NO3/c1-3-5-7-9-10-11-12-13-14-15-16-17-18-19-20-21-22-23-24-25-26-27-28-29-30-31-33-34-36-40(44)39(38-43)42-41(45)37-35-32-8-6-4-2/h34,36,39-40,43-44H,3-33,35,37-38H2,1-2H3,(H,42,45)/b36-34+. The van der Waals surface area contributed by atoms with E-state index in [2.05, 4.69) is 19.2 Å². The van der Waals surface area contributed by atoms with E-state index in [0.29, 0.717) is 6.42 Å². The Kier molecular flexibility index (Phi) is 36.9. The summed E-state index contributed by atoms with van der Waals surface area (Å²) in [4.78, 5) is 12.1. The predicted molar refractivity (Wildman–Crippen MR) is 198 cm³/mol. The third kappa shape index (κ3) is 34.3. The first-order valence-corrected chi connectivity index (χ1v) is 20.4. The largest absolute Gasteiger partial charge is 0.394 e. The second kappa shape index (κ2) is 37.6. The Balaban J connectivity index is 3.37. The minimum Gasteiger partial charge on any atom is -0.394 e. The van der Waals surface area contributed by atoms with E-state index in [1.807, 2.05) is 6.08 Å². The number of aliphatic hydroxyl groups excluding tert-OH is 2. The normalized spacial score (nSPS) is 13.1. The number of hydrogen-bond acceptors (Lipinski definition) is 3.